The number of hydrogen-bond acceptors (Lipinski definition) is 3. The van der Waals surface area contributed by atoms with Crippen molar-refractivity contribution in [1.82, 2.24) is 19.6 Å². The first-order valence-corrected chi connectivity index (χ1v) is 14.3. The van der Waals surface area contributed by atoms with Crippen molar-refractivity contribution in [3.63, 3.8) is 0 Å². The van der Waals surface area contributed by atoms with Crippen molar-refractivity contribution in [1.29, 1.82) is 0 Å². The second-order valence-corrected chi connectivity index (χ2v) is 11.1. The third-order valence-electron chi connectivity index (χ3n) is 7.83. The Morgan fingerprint density at radius 1 is 0.581 bits per heavy atom. The number of aryl methyl sites for hydroxylation is 6. The largest absolute Gasteiger partial charge is 2.00 e. The molecule has 0 bridgehead atoms. The number of nitrogens with zero attached hydrogens (tertiary/aromatic N) is 5. The smallest absolute Gasteiger partial charge is 0.420 e. The van der Waals surface area contributed by atoms with Gasteiger partial charge in [-0.05, 0) is 76.0 Å². The maximum atomic E-state index is 4.49. The normalized spacial score (nSPS) is 10.8. The van der Waals surface area contributed by atoms with Gasteiger partial charge in [-0.25, -0.2) is 0 Å². The molecule has 4 aromatic carbocycles. The van der Waals surface area contributed by atoms with Gasteiger partial charge in [-0.3, -0.25) is 9.36 Å². The molecule has 0 saturated carbocycles. The van der Waals surface area contributed by atoms with Crippen LogP contribution in [0.5, 0.6) is 0 Å². The summed E-state index contributed by atoms with van der Waals surface area (Å²) in [4.78, 5) is 2.38. The van der Waals surface area contributed by atoms with Gasteiger partial charge in [0, 0.05) is 24.8 Å². The van der Waals surface area contributed by atoms with Gasteiger partial charge in [-0.15, -0.1) is 36.4 Å². The molecular weight excluding hydrogens is 708 g/mol. The van der Waals surface area contributed by atoms with Gasteiger partial charge in [0.1, 0.15) is 0 Å². The van der Waals surface area contributed by atoms with Gasteiger partial charge in [0.15, 0.2) is 0 Å². The van der Waals surface area contributed by atoms with Gasteiger partial charge in [0.05, 0.1) is 0 Å². The van der Waals surface area contributed by atoms with Crippen molar-refractivity contribution >= 4 is 29.1 Å². The van der Waals surface area contributed by atoms with E-state index in [0.29, 0.717) is 0 Å². The Morgan fingerprint density at radius 3 is 1.33 bits per heavy atom. The minimum Gasteiger partial charge on any atom is -0.420 e. The molecule has 0 saturated heterocycles. The molecule has 0 spiro atoms. The molecule has 0 N–H and O–H groups in total. The molecule has 0 radical (unpaired) electrons. The second-order valence-electron chi connectivity index (χ2n) is 11.1. The molecule has 0 amide bonds. The van der Waals surface area contributed by atoms with Gasteiger partial charge < -0.3 is 4.81 Å². The number of anilines is 2. The van der Waals surface area contributed by atoms with Gasteiger partial charge in [0.25, 0.3) is 0 Å². The van der Waals surface area contributed by atoms with Crippen LogP contribution in [0.1, 0.15) is 33.4 Å². The van der Waals surface area contributed by atoms with Gasteiger partial charge in [-0.2, -0.15) is 22.3 Å². The van der Waals surface area contributed by atoms with Crippen LogP contribution in [0, 0.1) is 53.7 Å². The summed E-state index contributed by atoms with van der Waals surface area (Å²) in [6.45, 7) is 13.1. The van der Waals surface area contributed by atoms with Crippen molar-refractivity contribution < 1.29 is 21.1 Å². The SMILES string of the molecule is Cc1cc(C)c(B(c2c(C)cc(C)cc2C)N(c2[c-]c(-n3cccn3)ccc2)c2[c-]c(-n3cccn3)ccc2)c(C)c1.[Pt+2]. The van der Waals surface area contributed by atoms with E-state index in [9.17, 15) is 0 Å². The monoisotopic (exact) mass is 742 g/mol. The van der Waals surface area contributed by atoms with Crippen molar-refractivity contribution in [2.24, 2.45) is 0 Å². The quantitative estimate of drug-likeness (QED) is 0.140. The fraction of sp³-hybridized carbons (Fsp3) is 0.167. The molecule has 7 heteroatoms. The molecule has 2 heterocycles. The zero-order chi connectivity index (χ0) is 29.4. The van der Waals surface area contributed by atoms with Crippen LogP contribution in [0.15, 0.2) is 97.6 Å². The van der Waals surface area contributed by atoms with Crippen LogP contribution < -0.4 is 15.7 Å². The number of hydrogen-bond donors (Lipinski definition) is 0. The predicted octanol–water partition coefficient (Wildman–Crippen LogP) is 6.45. The molecule has 0 aliphatic rings. The van der Waals surface area contributed by atoms with Gasteiger partial charge in [-0.1, -0.05) is 69.0 Å². The topological polar surface area (TPSA) is 38.9 Å². The molecule has 0 atom stereocenters. The van der Waals surface area contributed by atoms with Crippen LogP contribution >= 0.6 is 0 Å². The van der Waals surface area contributed by atoms with Crippen LogP contribution in [-0.2, 0) is 21.1 Å². The Balaban J connectivity index is 0.00000368. The molecule has 216 valence electrons. The number of aromatic nitrogens is 4. The molecule has 0 aliphatic carbocycles. The third-order valence-corrected chi connectivity index (χ3v) is 7.83. The standard InChI is InChI=1S/C36H34BN5.Pt/c1-25-19-27(3)35(28(4)20-25)37(36-29(5)21-26(2)22-30(36)6)42(33-13-7-11-31(23-33)40-17-9-15-38-40)34-14-8-12-32(24-34)41-18-10-16-39-41;/h7-22H,1-6H3;/q-2;+2. The van der Waals surface area contributed by atoms with E-state index in [-0.39, 0.29) is 27.9 Å². The van der Waals surface area contributed by atoms with Crippen LogP contribution in [0.4, 0.5) is 11.4 Å². The van der Waals surface area contributed by atoms with Crippen LogP contribution in [0.25, 0.3) is 11.4 Å². The van der Waals surface area contributed by atoms with E-state index in [1.54, 1.807) is 12.4 Å². The minimum absolute atomic E-state index is 0. The first-order valence-electron chi connectivity index (χ1n) is 14.3. The van der Waals surface area contributed by atoms with E-state index in [2.05, 4.69) is 117 Å². The molecule has 0 aliphatic heterocycles. The van der Waals surface area contributed by atoms with Gasteiger partial charge in [0.2, 0.25) is 0 Å². The summed E-state index contributed by atoms with van der Waals surface area (Å²) >= 11 is 0. The molecular formula is C36H34BN5Pt. The summed E-state index contributed by atoms with van der Waals surface area (Å²) in [5.74, 6) is 0. The van der Waals surface area contributed by atoms with Crippen molar-refractivity contribution in [3.05, 3.63) is 143 Å². The van der Waals surface area contributed by atoms with Crippen LogP contribution in [-0.4, -0.2) is 26.4 Å². The fourth-order valence-corrected chi connectivity index (χ4v) is 6.32. The maximum absolute atomic E-state index is 4.49. The summed E-state index contributed by atoms with van der Waals surface area (Å²) < 4.78 is 3.70. The molecule has 5 nitrogen and oxygen atoms in total. The zero-order valence-electron chi connectivity index (χ0n) is 25.4. The third kappa shape index (κ3) is 6.03. The molecule has 0 fully saturated rings. The summed E-state index contributed by atoms with van der Waals surface area (Å²) in [6.07, 6.45) is 7.48. The Kier molecular flexibility index (Phi) is 8.89. The van der Waals surface area contributed by atoms with E-state index in [1.807, 2.05) is 46.0 Å². The van der Waals surface area contributed by atoms with Crippen LogP contribution in [0.3, 0.4) is 0 Å². The Labute approximate surface area is 269 Å². The van der Waals surface area contributed by atoms with Crippen LogP contribution in [0.2, 0.25) is 0 Å². The zero-order valence-corrected chi connectivity index (χ0v) is 27.6. The van der Waals surface area contributed by atoms with E-state index >= 15 is 0 Å². The van der Waals surface area contributed by atoms with Crippen molar-refractivity contribution in [2.45, 2.75) is 41.5 Å². The van der Waals surface area contributed by atoms with E-state index < -0.39 is 0 Å². The molecule has 6 aromatic rings. The van der Waals surface area contributed by atoms with Crippen molar-refractivity contribution in [2.75, 3.05) is 4.81 Å². The Morgan fingerprint density at radius 2 is 0.977 bits per heavy atom. The summed E-state index contributed by atoms with van der Waals surface area (Å²) in [7, 11) is 0. The predicted molar refractivity (Wildman–Crippen MR) is 173 cm³/mol. The van der Waals surface area contributed by atoms with E-state index in [0.717, 1.165) is 22.7 Å². The number of benzene rings is 4. The Hall–Kier alpha value is -4.15. The summed E-state index contributed by atoms with van der Waals surface area (Å²) in [6, 6.07) is 32.9. The first-order chi connectivity index (χ1) is 20.3. The maximum Gasteiger partial charge on any atom is 2.00 e. The molecule has 43 heavy (non-hydrogen) atoms. The average molecular weight is 743 g/mol. The second kappa shape index (κ2) is 12.6. The molecule has 0 unspecified atom stereocenters. The first kappa shape index (κ1) is 30.3. The summed E-state index contributed by atoms with van der Waals surface area (Å²) in [5.41, 5.74) is 13.7. The van der Waals surface area contributed by atoms with Crippen molar-refractivity contribution in [3.8, 4) is 11.4 Å². The molecule has 2 aromatic heterocycles. The van der Waals surface area contributed by atoms with E-state index in [1.165, 1.54) is 44.3 Å². The minimum atomic E-state index is -0.139. The average Bonchev–Trinajstić information content (AvgIpc) is 3.68. The summed E-state index contributed by atoms with van der Waals surface area (Å²) in [5, 5.41) is 8.98. The van der Waals surface area contributed by atoms with E-state index in [4.69, 9.17) is 0 Å². The Bertz CT molecular complexity index is 1680. The van der Waals surface area contributed by atoms with Gasteiger partial charge >= 0.3 is 27.9 Å². The molecule has 6 rings (SSSR count). The number of rotatable bonds is 7. The fourth-order valence-electron chi connectivity index (χ4n) is 6.32.